The fraction of sp³-hybridized carbons (Fsp3) is 0.462. The highest BCUT2D eigenvalue weighted by Gasteiger charge is 2.08. The zero-order chi connectivity index (χ0) is 13.5. The summed E-state index contributed by atoms with van der Waals surface area (Å²) in [4.78, 5) is 11.4. The summed E-state index contributed by atoms with van der Waals surface area (Å²) in [6, 6.07) is 3.19. The fourth-order valence-electron chi connectivity index (χ4n) is 1.42. The molecule has 0 bridgehead atoms. The lowest BCUT2D eigenvalue weighted by atomic mass is 10.1. The van der Waals surface area contributed by atoms with Crippen LogP contribution in [0.15, 0.2) is 18.2 Å². The van der Waals surface area contributed by atoms with Gasteiger partial charge in [0.25, 0.3) is 0 Å². The molecule has 0 radical (unpaired) electrons. The molecule has 1 atom stereocenters. The van der Waals surface area contributed by atoms with Gasteiger partial charge in [-0.05, 0) is 36.1 Å². The highest BCUT2D eigenvalue weighted by molar-refractivity contribution is 5.76. The molecular formula is C13H17F2NO2. The summed E-state index contributed by atoms with van der Waals surface area (Å²) in [5, 5.41) is 11.4. The van der Waals surface area contributed by atoms with Crippen LogP contribution in [0.2, 0.25) is 0 Å². The second-order valence-electron chi connectivity index (χ2n) is 4.33. The van der Waals surface area contributed by atoms with E-state index in [1.54, 1.807) is 6.92 Å². The lowest BCUT2D eigenvalue weighted by Crippen LogP contribution is -2.29. The molecule has 100 valence electrons. The standard InChI is InChI=1S/C13H17F2NO2/c1-9(8-17)7-16-13(18)5-2-10-6-11(14)3-4-12(10)15/h3-4,6,9,17H,2,5,7-8H2,1H3,(H,16,18). The van der Waals surface area contributed by atoms with Gasteiger partial charge < -0.3 is 10.4 Å². The van der Waals surface area contributed by atoms with Crippen molar-refractivity contribution < 1.29 is 18.7 Å². The second kappa shape index (κ2) is 7.06. The van der Waals surface area contributed by atoms with Crippen molar-refractivity contribution in [3.63, 3.8) is 0 Å². The molecular weight excluding hydrogens is 240 g/mol. The van der Waals surface area contributed by atoms with Crippen molar-refractivity contribution in [3.8, 4) is 0 Å². The van der Waals surface area contributed by atoms with Gasteiger partial charge in [0.1, 0.15) is 11.6 Å². The molecule has 18 heavy (non-hydrogen) atoms. The molecule has 0 aromatic heterocycles. The van der Waals surface area contributed by atoms with Gasteiger partial charge in [-0.25, -0.2) is 8.78 Å². The fourth-order valence-corrected chi connectivity index (χ4v) is 1.42. The van der Waals surface area contributed by atoms with E-state index in [-0.39, 0.29) is 36.8 Å². The SMILES string of the molecule is CC(CO)CNC(=O)CCc1cc(F)ccc1F. The van der Waals surface area contributed by atoms with Gasteiger partial charge >= 0.3 is 0 Å². The molecule has 0 spiro atoms. The van der Waals surface area contributed by atoms with Crippen LogP contribution in [0.3, 0.4) is 0 Å². The zero-order valence-electron chi connectivity index (χ0n) is 10.2. The van der Waals surface area contributed by atoms with E-state index in [1.807, 2.05) is 0 Å². The number of aliphatic hydroxyl groups is 1. The van der Waals surface area contributed by atoms with Gasteiger partial charge in [0.2, 0.25) is 5.91 Å². The van der Waals surface area contributed by atoms with Crippen molar-refractivity contribution in [2.24, 2.45) is 5.92 Å². The topological polar surface area (TPSA) is 49.3 Å². The van der Waals surface area contributed by atoms with Crippen molar-refractivity contribution in [2.75, 3.05) is 13.2 Å². The Kier molecular flexibility index (Phi) is 5.71. The number of nitrogens with one attached hydrogen (secondary N) is 1. The predicted octanol–water partition coefficient (Wildman–Crippen LogP) is 1.64. The average molecular weight is 257 g/mol. The van der Waals surface area contributed by atoms with E-state index in [1.165, 1.54) is 0 Å². The Bertz CT molecular complexity index is 410. The third kappa shape index (κ3) is 4.79. The minimum absolute atomic E-state index is 0.00119. The Morgan fingerprint density at radius 1 is 1.44 bits per heavy atom. The van der Waals surface area contributed by atoms with Crippen LogP contribution in [0, 0.1) is 17.6 Å². The van der Waals surface area contributed by atoms with Gasteiger partial charge in [-0.15, -0.1) is 0 Å². The predicted molar refractivity (Wildman–Crippen MR) is 63.9 cm³/mol. The molecule has 3 nitrogen and oxygen atoms in total. The monoisotopic (exact) mass is 257 g/mol. The molecule has 0 aliphatic rings. The summed E-state index contributed by atoms with van der Waals surface area (Å²) < 4.78 is 26.1. The van der Waals surface area contributed by atoms with Crippen LogP contribution < -0.4 is 5.32 Å². The smallest absolute Gasteiger partial charge is 0.220 e. The molecule has 1 rings (SSSR count). The van der Waals surface area contributed by atoms with Crippen molar-refractivity contribution in [2.45, 2.75) is 19.8 Å². The number of halogens is 2. The Balaban J connectivity index is 2.40. The summed E-state index contributed by atoms with van der Waals surface area (Å²) in [5.74, 6) is -1.27. The average Bonchev–Trinajstić information content (AvgIpc) is 2.36. The van der Waals surface area contributed by atoms with Crippen LogP contribution in [0.5, 0.6) is 0 Å². The van der Waals surface area contributed by atoms with E-state index in [0.717, 1.165) is 18.2 Å². The third-order valence-corrected chi connectivity index (χ3v) is 2.59. The van der Waals surface area contributed by atoms with E-state index in [4.69, 9.17) is 5.11 Å². The number of aliphatic hydroxyl groups excluding tert-OH is 1. The molecule has 1 unspecified atom stereocenters. The largest absolute Gasteiger partial charge is 0.396 e. The number of hydrogen-bond acceptors (Lipinski definition) is 2. The number of hydrogen-bond donors (Lipinski definition) is 2. The van der Waals surface area contributed by atoms with Gasteiger partial charge in [-0.3, -0.25) is 4.79 Å². The molecule has 0 fully saturated rings. The van der Waals surface area contributed by atoms with Crippen LogP contribution in [-0.4, -0.2) is 24.2 Å². The Hall–Kier alpha value is -1.49. The summed E-state index contributed by atoms with van der Waals surface area (Å²) in [7, 11) is 0. The lowest BCUT2D eigenvalue weighted by Gasteiger charge is -2.09. The van der Waals surface area contributed by atoms with Crippen LogP contribution >= 0.6 is 0 Å². The van der Waals surface area contributed by atoms with Gasteiger partial charge in [0.15, 0.2) is 0 Å². The van der Waals surface area contributed by atoms with Crippen LogP contribution in [-0.2, 0) is 11.2 Å². The van der Waals surface area contributed by atoms with E-state index in [2.05, 4.69) is 5.32 Å². The maximum absolute atomic E-state index is 13.3. The number of carbonyl (C=O) groups is 1. The number of benzene rings is 1. The Labute approximate surface area is 105 Å². The summed E-state index contributed by atoms with van der Waals surface area (Å²) in [5.41, 5.74) is 0.195. The Morgan fingerprint density at radius 2 is 2.17 bits per heavy atom. The molecule has 0 aliphatic heterocycles. The van der Waals surface area contributed by atoms with Crippen LogP contribution in [0.1, 0.15) is 18.9 Å². The van der Waals surface area contributed by atoms with Gasteiger partial charge in [0.05, 0.1) is 0 Å². The summed E-state index contributed by atoms with van der Waals surface area (Å²) in [6.45, 7) is 2.17. The normalized spacial score (nSPS) is 12.2. The number of rotatable bonds is 6. The molecule has 0 saturated carbocycles. The molecule has 1 aromatic carbocycles. The second-order valence-corrected chi connectivity index (χ2v) is 4.33. The first kappa shape index (κ1) is 14.6. The number of amides is 1. The van der Waals surface area contributed by atoms with Crippen molar-refractivity contribution in [1.29, 1.82) is 0 Å². The first-order chi connectivity index (χ1) is 8.52. The van der Waals surface area contributed by atoms with Crippen LogP contribution in [0.25, 0.3) is 0 Å². The maximum atomic E-state index is 13.3. The van der Waals surface area contributed by atoms with E-state index >= 15 is 0 Å². The van der Waals surface area contributed by atoms with Gasteiger partial charge in [-0.2, -0.15) is 0 Å². The van der Waals surface area contributed by atoms with Crippen molar-refractivity contribution >= 4 is 5.91 Å². The molecule has 1 amide bonds. The molecule has 5 heteroatoms. The molecule has 0 heterocycles. The van der Waals surface area contributed by atoms with Crippen molar-refractivity contribution in [1.82, 2.24) is 5.32 Å². The quantitative estimate of drug-likeness (QED) is 0.814. The first-order valence-corrected chi connectivity index (χ1v) is 5.84. The summed E-state index contributed by atoms with van der Waals surface area (Å²) >= 11 is 0. The molecule has 0 saturated heterocycles. The minimum Gasteiger partial charge on any atom is -0.396 e. The summed E-state index contributed by atoms with van der Waals surface area (Å²) in [6.07, 6.45) is 0.251. The number of carbonyl (C=O) groups excluding carboxylic acids is 1. The van der Waals surface area contributed by atoms with Gasteiger partial charge in [0, 0.05) is 19.6 Å². The first-order valence-electron chi connectivity index (χ1n) is 5.84. The third-order valence-electron chi connectivity index (χ3n) is 2.59. The molecule has 1 aromatic rings. The Morgan fingerprint density at radius 3 is 2.83 bits per heavy atom. The van der Waals surface area contributed by atoms with E-state index in [0.29, 0.717) is 6.54 Å². The molecule has 2 N–H and O–H groups in total. The highest BCUT2D eigenvalue weighted by Crippen LogP contribution is 2.11. The van der Waals surface area contributed by atoms with Crippen molar-refractivity contribution in [3.05, 3.63) is 35.4 Å². The van der Waals surface area contributed by atoms with Gasteiger partial charge in [-0.1, -0.05) is 6.92 Å². The highest BCUT2D eigenvalue weighted by atomic mass is 19.1. The lowest BCUT2D eigenvalue weighted by molar-refractivity contribution is -0.121. The zero-order valence-corrected chi connectivity index (χ0v) is 10.2. The van der Waals surface area contributed by atoms with E-state index in [9.17, 15) is 13.6 Å². The van der Waals surface area contributed by atoms with Crippen LogP contribution in [0.4, 0.5) is 8.78 Å². The number of aryl methyl sites for hydroxylation is 1. The maximum Gasteiger partial charge on any atom is 0.220 e. The minimum atomic E-state index is -0.513. The molecule has 0 aliphatic carbocycles. The van der Waals surface area contributed by atoms with E-state index < -0.39 is 11.6 Å².